The van der Waals surface area contributed by atoms with E-state index in [9.17, 15) is 8.42 Å². The number of benzene rings is 1. The Balaban J connectivity index is 1.98. The van der Waals surface area contributed by atoms with Gasteiger partial charge in [-0.05, 0) is 44.2 Å². The molecule has 3 unspecified atom stereocenters. The largest absolute Gasteiger partial charge is 0.243 e. The van der Waals surface area contributed by atoms with Gasteiger partial charge in [-0.25, -0.2) is 8.42 Å². The van der Waals surface area contributed by atoms with Crippen molar-refractivity contribution >= 4 is 26.0 Å². The van der Waals surface area contributed by atoms with Crippen LogP contribution >= 0.6 is 15.9 Å². The standard InChI is InChI=1S/C14H18BrNO2S/c1-10-2-6-13(7-3-10)19(17,18)16-12-5-4-11(8-12)14(16)9-15/h2-3,6-7,11-12,14H,4-5,8-9H2,1H3. The summed E-state index contributed by atoms with van der Waals surface area (Å²) >= 11 is 3.49. The van der Waals surface area contributed by atoms with Crippen LogP contribution in [0.25, 0.3) is 0 Å². The molecule has 0 N–H and O–H groups in total. The molecule has 0 aromatic heterocycles. The second-order valence-electron chi connectivity index (χ2n) is 5.60. The highest BCUT2D eigenvalue weighted by Crippen LogP contribution is 2.45. The summed E-state index contributed by atoms with van der Waals surface area (Å²) in [5.41, 5.74) is 1.08. The average Bonchev–Trinajstić information content (AvgIpc) is 2.99. The summed E-state index contributed by atoms with van der Waals surface area (Å²) in [4.78, 5) is 0.427. The molecule has 2 fully saturated rings. The molecule has 5 heteroatoms. The minimum atomic E-state index is -3.34. The van der Waals surface area contributed by atoms with Gasteiger partial charge in [0.05, 0.1) is 4.90 Å². The first-order valence-electron chi connectivity index (χ1n) is 6.70. The van der Waals surface area contributed by atoms with Crippen LogP contribution in [-0.2, 0) is 10.0 Å². The Labute approximate surface area is 123 Å². The Morgan fingerprint density at radius 1 is 1.26 bits per heavy atom. The van der Waals surface area contributed by atoms with Crippen LogP contribution in [-0.4, -0.2) is 30.1 Å². The van der Waals surface area contributed by atoms with Crippen molar-refractivity contribution in [3.05, 3.63) is 29.8 Å². The molecule has 1 aliphatic carbocycles. The second kappa shape index (κ2) is 4.86. The van der Waals surface area contributed by atoms with Gasteiger partial charge >= 0.3 is 0 Å². The van der Waals surface area contributed by atoms with Crippen LogP contribution < -0.4 is 0 Å². The lowest BCUT2D eigenvalue weighted by Gasteiger charge is -2.33. The number of nitrogens with zero attached hydrogens (tertiary/aromatic N) is 1. The first-order chi connectivity index (χ1) is 9.04. The van der Waals surface area contributed by atoms with Crippen LogP contribution in [0.2, 0.25) is 0 Å². The van der Waals surface area contributed by atoms with E-state index >= 15 is 0 Å². The number of hydrogen-bond acceptors (Lipinski definition) is 2. The fraction of sp³-hybridized carbons (Fsp3) is 0.571. The molecule has 2 bridgehead atoms. The van der Waals surface area contributed by atoms with E-state index in [1.807, 2.05) is 19.1 Å². The highest BCUT2D eigenvalue weighted by molar-refractivity contribution is 9.09. The van der Waals surface area contributed by atoms with Crippen molar-refractivity contribution in [3.63, 3.8) is 0 Å². The summed E-state index contributed by atoms with van der Waals surface area (Å²) in [6, 6.07) is 7.52. The van der Waals surface area contributed by atoms with Gasteiger partial charge in [0.25, 0.3) is 0 Å². The minimum absolute atomic E-state index is 0.130. The highest BCUT2D eigenvalue weighted by atomic mass is 79.9. The predicted octanol–water partition coefficient (Wildman–Crippen LogP) is 2.93. The zero-order valence-electron chi connectivity index (χ0n) is 10.9. The topological polar surface area (TPSA) is 37.4 Å². The number of sulfonamides is 1. The summed E-state index contributed by atoms with van der Waals surface area (Å²) < 4.78 is 27.4. The maximum Gasteiger partial charge on any atom is 0.243 e. The van der Waals surface area contributed by atoms with E-state index in [0.717, 1.165) is 23.7 Å². The van der Waals surface area contributed by atoms with E-state index in [2.05, 4.69) is 15.9 Å². The van der Waals surface area contributed by atoms with Crippen molar-refractivity contribution < 1.29 is 8.42 Å². The van der Waals surface area contributed by atoms with Gasteiger partial charge in [0.2, 0.25) is 10.0 Å². The zero-order chi connectivity index (χ0) is 13.6. The Morgan fingerprint density at radius 3 is 2.58 bits per heavy atom. The quantitative estimate of drug-likeness (QED) is 0.791. The lowest BCUT2D eigenvalue weighted by Crippen LogP contribution is -2.45. The normalized spacial score (nSPS) is 30.9. The fourth-order valence-electron chi connectivity index (χ4n) is 3.45. The van der Waals surface area contributed by atoms with Gasteiger partial charge in [0.15, 0.2) is 0 Å². The highest BCUT2D eigenvalue weighted by Gasteiger charge is 2.50. The first kappa shape index (κ1) is 13.6. The molecule has 1 saturated heterocycles. The van der Waals surface area contributed by atoms with Crippen molar-refractivity contribution in [1.82, 2.24) is 4.31 Å². The molecular weight excluding hydrogens is 326 g/mol. The van der Waals surface area contributed by atoms with Crippen LogP contribution in [0.5, 0.6) is 0 Å². The SMILES string of the molecule is Cc1ccc(S(=O)(=O)N2C3CCC(C3)C2CBr)cc1. The third-order valence-electron chi connectivity index (χ3n) is 4.43. The molecule has 3 nitrogen and oxygen atoms in total. The number of rotatable bonds is 3. The summed E-state index contributed by atoms with van der Waals surface area (Å²) in [6.45, 7) is 1.97. The van der Waals surface area contributed by atoms with E-state index in [1.165, 1.54) is 6.42 Å². The van der Waals surface area contributed by atoms with E-state index in [4.69, 9.17) is 0 Å². The van der Waals surface area contributed by atoms with Crippen LogP contribution in [0.3, 0.4) is 0 Å². The van der Waals surface area contributed by atoms with E-state index in [-0.39, 0.29) is 12.1 Å². The number of fused-ring (bicyclic) bond motifs is 2. The van der Waals surface area contributed by atoms with Crippen molar-refractivity contribution in [2.24, 2.45) is 5.92 Å². The molecule has 1 saturated carbocycles. The molecular formula is C14H18BrNO2S. The van der Waals surface area contributed by atoms with Gasteiger partial charge in [0.1, 0.15) is 0 Å². The van der Waals surface area contributed by atoms with Crippen LogP contribution in [0.1, 0.15) is 24.8 Å². The van der Waals surface area contributed by atoms with E-state index < -0.39 is 10.0 Å². The third kappa shape index (κ3) is 2.16. The van der Waals surface area contributed by atoms with Crippen LogP contribution in [0.4, 0.5) is 0 Å². The lowest BCUT2D eigenvalue weighted by molar-refractivity contribution is 0.263. The van der Waals surface area contributed by atoms with Crippen molar-refractivity contribution in [3.8, 4) is 0 Å². The van der Waals surface area contributed by atoms with Gasteiger partial charge in [-0.15, -0.1) is 0 Å². The van der Waals surface area contributed by atoms with Crippen molar-refractivity contribution in [2.45, 2.75) is 43.2 Å². The molecule has 3 atom stereocenters. The van der Waals surface area contributed by atoms with E-state index in [1.54, 1.807) is 16.4 Å². The van der Waals surface area contributed by atoms with Gasteiger partial charge in [0, 0.05) is 17.4 Å². The maximum absolute atomic E-state index is 12.8. The second-order valence-corrected chi connectivity index (χ2v) is 8.09. The molecule has 1 aromatic rings. The summed E-state index contributed by atoms with van der Waals surface area (Å²) in [7, 11) is -3.34. The lowest BCUT2D eigenvalue weighted by atomic mass is 10.0. The molecule has 2 aliphatic rings. The molecule has 3 rings (SSSR count). The fourth-order valence-corrected chi connectivity index (χ4v) is 6.39. The van der Waals surface area contributed by atoms with Crippen LogP contribution in [0.15, 0.2) is 29.2 Å². The maximum atomic E-state index is 12.8. The number of alkyl halides is 1. The van der Waals surface area contributed by atoms with Gasteiger partial charge in [-0.2, -0.15) is 4.31 Å². The molecule has 1 aliphatic heterocycles. The molecule has 19 heavy (non-hydrogen) atoms. The Kier molecular flexibility index (Phi) is 3.48. The van der Waals surface area contributed by atoms with Gasteiger partial charge in [-0.1, -0.05) is 33.6 Å². The van der Waals surface area contributed by atoms with Gasteiger partial charge < -0.3 is 0 Å². The Hall–Kier alpha value is -0.390. The molecule has 0 spiro atoms. The third-order valence-corrected chi connectivity index (χ3v) is 7.09. The van der Waals surface area contributed by atoms with E-state index in [0.29, 0.717) is 10.8 Å². The van der Waals surface area contributed by atoms with Gasteiger partial charge in [-0.3, -0.25) is 0 Å². The summed E-state index contributed by atoms with van der Waals surface area (Å²) in [5, 5.41) is 0.735. The Bertz CT molecular complexity index is 570. The molecule has 0 amide bonds. The number of hydrogen-bond donors (Lipinski definition) is 0. The molecule has 0 radical (unpaired) electrons. The minimum Gasteiger partial charge on any atom is -0.207 e. The summed E-state index contributed by atoms with van der Waals surface area (Å²) in [6.07, 6.45) is 3.21. The van der Waals surface area contributed by atoms with Crippen molar-refractivity contribution in [2.75, 3.05) is 5.33 Å². The number of halogens is 1. The zero-order valence-corrected chi connectivity index (χ0v) is 13.3. The molecule has 1 aromatic carbocycles. The number of piperidine rings is 1. The van der Waals surface area contributed by atoms with Crippen molar-refractivity contribution in [1.29, 1.82) is 0 Å². The van der Waals surface area contributed by atoms with Crippen LogP contribution in [0, 0.1) is 12.8 Å². The predicted molar refractivity (Wildman–Crippen MR) is 78.9 cm³/mol. The smallest absolute Gasteiger partial charge is 0.207 e. The molecule has 1 heterocycles. The number of aryl methyl sites for hydroxylation is 1. The average molecular weight is 344 g/mol. The Morgan fingerprint density at radius 2 is 1.95 bits per heavy atom. The molecule has 104 valence electrons. The monoisotopic (exact) mass is 343 g/mol. The summed E-state index contributed by atoms with van der Waals surface area (Å²) in [5.74, 6) is 0.532. The first-order valence-corrected chi connectivity index (χ1v) is 9.26.